The minimum Gasteiger partial charge on any atom is -0.395 e. The fourth-order valence-corrected chi connectivity index (χ4v) is 4.10. The van der Waals surface area contributed by atoms with E-state index >= 15 is 0 Å². The monoisotopic (exact) mass is 526 g/mol. The zero-order valence-electron chi connectivity index (χ0n) is 19.7. The first-order chi connectivity index (χ1) is 17.8. The molecule has 0 aliphatic rings. The van der Waals surface area contributed by atoms with Gasteiger partial charge in [-0.1, -0.05) is 30.3 Å². The Morgan fingerprint density at radius 2 is 1.54 bits per heavy atom. The summed E-state index contributed by atoms with van der Waals surface area (Å²) in [5.74, 6) is -1.40. The Balaban J connectivity index is 1.51. The maximum absolute atomic E-state index is 12.6. The van der Waals surface area contributed by atoms with Crippen LogP contribution in [-0.2, 0) is 16.4 Å². The van der Waals surface area contributed by atoms with Crippen LogP contribution in [0.15, 0.2) is 77.8 Å². The fraction of sp³-hybridized carbons (Fsp3) is 0.200. The van der Waals surface area contributed by atoms with Gasteiger partial charge in [0, 0.05) is 30.9 Å². The molecule has 0 fully saturated rings. The molecule has 0 radical (unpaired) electrons. The molecule has 1 aromatic heterocycles. The lowest BCUT2D eigenvalue weighted by atomic mass is 10.1. The van der Waals surface area contributed by atoms with E-state index in [0.717, 1.165) is 19.0 Å². The Kier molecular flexibility index (Phi) is 9.69. The average molecular weight is 527 g/mol. The number of nitrogens with one attached hydrogen (secondary N) is 3. The highest BCUT2D eigenvalue weighted by molar-refractivity contribution is 7.90. The first kappa shape index (κ1) is 27.3. The molecule has 0 saturated carbocycles. The van der Waals surface area contributed by atoms with Crippen molar-refractivity contribution in [2.75, 3.05) is 19.7 Å². The molecule has 11 nitrogen and oxygen atoms in total. The molecule has 2 aromatic carbocycles. The molecule has 37 heavy (non-hydrogen) atoms. The largest absolute Gasteiger partial charge is 0.414 e. The number of pyridine rings is 1. The lowest BCUT2D eigenvalue weighted by Gasteiger charge is -2.09. The van der Waals surface area contributed by atoms with Crippen molar-refractivity contribution in [1.29, 1.82) is 0 Å². The molecule has 0 unspecified atom stereocenters. The number of amides is 3. The molecule has 12 heteroatoms. The number of aryl methyl sites for hydroxylation is 1. The van der Waals surface area contributed by atoms with Crippen LogP contribution >= 0.6 is 0 Å². The summed E-state index contributed by atoms with van der Waals surface area (Å²) >= 11 is 0. The van der Waals surface area contributed by atoms with Crippen LogP contribution < -0.4 is 20.1 Å². The van der Waals surface area contributed by atoms with Crippen molar-refractivity contribution in [2.24, 2.45) is 0 Å². The Morgan fingerprint density at radius 3 is 2.19 bits per heavy atom. The summed E-state index contributed by atoms with van der Waals surface area (Å²) in [6.07, 6.45) is 1.78. The zero-order valence-corrected chi connectivity index (χ0v) is 20.5. The normalized spacial score (nSPS) is 10.8. The Hall–Kier alpha value is -4.29. The van der Waals surface area contributed by atoms with Crippen LogP contribution in [0.25, 0.3) is 0 Å². The number of hydrogen-bond donors (Lipinski definition) is 4. The summed E-state index contributed by atoms with van der Waals surface area (Å²) in [6, 6.07) is 17.5. The molecule has 0 aliphatic heterocycles. The number of aromatic nitrogens is 1. The Labute approximate surface area is 213 Å². The first-order valence-corrected chi connectivity index (χ1v) is 12.8. The lowest BCUT2D eigenvalue weighted by Crippen LogP contribution is -2.31. The van der Waals surface area contributed by atoms with Gasteiger partial charge in [0.25, 0.3) is 21.8 Å². The smallest absolute Gasteiger partial charge is 0.395 e. The second-order valence-electron chi connectivity index (χ2n) is 7.73. The summed E-state index contributed by atoms with van der Waals surface area (Å²) in [6.45, 7) is 0.202. The summed E-state index contributed by atoms with van der Waals surface area (Å²) in [5, 5.41) is 13.7. The molecular formula is C25H26N4O7S. The Morgan fingerprint density at radius 1 is 0.838 bits per heavy atom. The van der Waals surface area contributed by atoms with Gasteiger partial charge in [-0.25, -0.2) is 22.9 Å². The van der Waals surface area contributed by atoms with Crippen LogP contribution in [0.4, 0.5) is 4.79 Å². The van der Waals surface area contributed by atoms with Crippen LogP contribution in [0.1, 0.15) is 32.7 Å². The topological polar surface area (TPSA) is 164 Å². The van der Waals surface area contributed by atoms with Crippen LogP contribution in [0.5, 0.6) is 5.88 Å². The zero-order chi connectivity index (χ0) is 26.7. The molecule has 0 atom stereocenters. The molecular weight excluding hydrogens is 500 g/mol. The van der Waals surface area contributed by atoms with E-state index in [1.54, 1.807) is 0 Å². The molecule has 194 valence electrons. The van der Waals surface area contributed by atoms with Gasteiger partial charge in [0.2, 0.25) is 5.88 Å². The number of sulfonamides is 1. The van der Waals surface area contributed by atoms with Gasteiger partial charge < -0.3 is 20.5 Å². The second-order valence-corrected chi connectivity index (χ2v) is 9.41. The fourth-order valence-electron chi connectivity index (χ4n) is 3.13. The maximum atomic E-state index is 12.6. The molecule has 0 spiro atoms. The highest BCUT2D eigenvalue weighted by Gasteiger charge is 2.20. The summed E-state index contributed by atoms with van der Waals surface area (Å²) in [5.41, 5.74) is 1.38. The predicted molar refractivity (Wildman–Crippen MR) is 134 cm³/mol. The number of hydrogen-bond acceptors (Lipinski definition) is 8. The minimum absolute atomic E-state index is 0.00239. The first-order valence-electron chi connectivity index (χ1n) is 11.3. The van der Waals surface area contributed by atoms with Crippen molar-refractivity contribution < 1.29 is 32.6 Å². The molecule has 0 saturated heterocycles. The third kappa shape index (κ3) is 8.40. The van der Waals surface area contributed by atoms with E-state index in [4.69, 9.17) is 9.84 Å². The van der Waals surface area contributed by atoms with Gasteiger partial charge in [-0.3, -0.25) is 9.59 Å². The summed E-state index contributed by atoms with van der Waals surface area (Å²) < 4.78 is 32.0. The minimum atomic E-state index is -4.22. The molecule has 4 N–H and O–H groups in total. The highest BCUT2D eigenvalue weighted by Crippen LogP contribution is 2.13. The van der Waals surface area contributed by atoms with Gasteiger partial charge in [0.1, 0.15) is 0 Å². The molecule has 0 aliphatic carbocycles. The van der Waals surface area contributed by atoms with Crippen LogP contribution in [0.3, 0.4) is 0 Å². The maximum Gasteiger partial charge on any atom is 0.414 e. The number of benzene rings is 2. The van der Waals surface area contributed by atoms with E-state index in [2.05, 4.69) is 15.6 Å². The molecule has 3 amide bonds. The average Bonchev–Trinajstić information content (AvgIpc) is 2.90. The van der Waals surface area contributed by atoms with Gasteiger partial charge in [-0.05, 0) is 48.7 Å². The highest BCUT2D eigenvalue weighted by atomic mass is 32.2. The number of nitrogens with zero attached hydrogens (tertiary/aromatic N) is 1. The third-order valence-corrected chi connectivity index (χ3v) is 6.35. The van der Waals surface area contributed by atoms with E-state index < -0.39 is 22.0 Å². The van der Waals surface area contributed by atoms with Gasteiger partial charge in [0.15, 0.2) is 0 Å². The van der Waals surface area contributed by atoms with Gasteiger partial charge >= 0.3 is 6.09 Å². The predicted octanol–water partition coefficient (Wildman–Crippen LogP) is 1.64. The van der Waals surface area contributed by atoms with E-state index in [0.29, 0.717) is 6.54 Å². The van der Waals surface area contributed by atoms with Crippen molar-refractivity contribution in [2.45, 2.75) is 17.7 Å². The summed E-state index contributed by atoms with van der Waals surface area (Å²) in [4.78, 5) is 39.8. The number of ether oxygens (including phenoxy) is 1. The third-order valence-electron chi connectivity index (χ3n) is 5.00. The van der Waals surface area contributed by atoms with Crippen LogP contribution in [0, 0.1) is 0 Å². The molecule has 3 aromatic rings. The SMILES string of the molecule is O=C(NCCO)Oc1ccc(C(=O)NS(=O)(=O)c2ccc(C(=O)NCCCc3ccccc3)cc2)cn1. The number of carbonyl (C=O) groups excluding carboxylic acids is 3. The van der Waals surface area contributed by atoms with Gasteiger partial charge in [0.05, 0.1) is 17.1 Å². The van der Waals surface area contributed by atoms with E-state index in [1.165, 1.54) is 42.0 Å². The number of carbonyl (C=O) groups is 3. The number of rotatable bonds is 11. The molecule has 1 heterocycles. The van der Waals surface area contributed by atoms with Crippen molar-refractivity contribution >= 4 is 27.9 Å². The number of aliphatic hydroxyl groups excluding tert-OH is 1. The van der Waals surface area contributed by atoms with E-state index in [9.17, 15) is 22.8 Å². The lowest BCUT2D eigenvalue weighted by molar-refractivity contribution is 0.0950. The molecule has 3 rings (SSSR count). The summed E-state index contributed by atoms with van der Waals surface area (Å²) in [7, 11) is -4.22. The van der Waals surface area contributed by atoms with Gasteiger partial charge in [-0.15, -0.1) is 0 Å². The van der Waals surface area contributed by atoms with E-state index in [1.807, 2.05) is 35.1 Å². The van der Waals surface area contributed by atoms with E-state index in [-0.39, 0.29) is 41.0 Å². The molecule has 0 bridgehead atoms. The van der Waals surface area contributed by atoms with Crippen molar-refractivity contribution in [3.05, 3.63) is 89.6 Å². The quantitative estimate of drug-likeness (QED) is 0.274. The van der Waals surface area contributed by atoms with Crippen LogP contribution in [0.2, 0.25) is 0 Å². The van der Waals surface area contributed by atoms with Crippen molar-refractivity contribution in [1.82, 2.24) is 20.3 Å². The van der Waals surface area contributed by atoms with Gasteiger partial charge in [-0.2, -0.15) is 0 Å². The van der Waals surface area contributed by atoms with Crippen LogP contribution in [-0.4, -0.2) is 56.1 Å². The van der Waals surface area contributed by atoms with Crippen molar-refractivity contribution in [3.8, 4) is 5.88 Å². The van der Waals surface area contributed by atoms with Crippen molar-refractivity contribution in [3.63, 3.8) is 0 Å². The Bertz CT molecular complexity index is 1310. The second kappa shape index (κ2) is 13.1. The standard InChI is InChI=1S/C25H26N4O7S/c30-16-15-27-25(33)36-22-13-10-20(17-28-22)24(32)29-37(34,35)21-11-8-19(9-12-21)23(31)26-14-4-7-18-5-2-1-3-6-18/h1-3,5-6,8-13,17,30H,4,7,14-16H2,(H,26,31)(H,27,33)(H,29,32). The number of aliphatic hydroxyl groups is 1.